The minimum absolute atomic E-state index is 0. The third-order valence-electron chi connectivity index (χ3n) is 1.25. The standard InChI is InChI=1S/C7H15NOS.CH3NOS.Zn/c1-3-5-8(6-4-2)7(9)10;2-1(3)4;/h3-6H2,1-2H3,(H,9,10);(H3,2,3,4);/q;;+2/p-2. The van der Waals surface area contributed by atoms with E-state index in [0.717, 1.165) is 25.9 Å². The molecule has 0 spiro atoms. The average Bonchev–Trinajstić information content (AvgIpc) is 2.02. The van der Waals surface area contributed by atoms with Crippen LogP contribution in [0.5, 0.6) is 0 Å². The van der Waals surface area contributed by atoms with Gasteiger partial charge >= 0.3 is 19.5 Å². The van der Waals surface area contributed by atoms with Gasteiger partial charge in [-0.15, -0.1) is 0 Å². The van der Waals surface area contributed by atoms with E-state index in [1.807, 2.05) is 13.8 Å². The summed E-state index contributed by atoms with van der Waals surface area (Å²) in [5.41, 5.74) is 4.29. The second kappa shape index (κ2) is 14.0. The van der Waals surface area contributed by atoms with Crippen LogP contribution in [0.2, 0.25) is 0 Å². The molecule has 0 saturated heterocycles. The monoisotopic (exact) mass is 300 g/mol. The van der Waals surface area contributed by atoms with E-state index < -0.39 is 5.17 Å². The maximum atomic E-state index is 10.7. The SMILES string of the molecule is CCCN(CCC)C([O-])=S.NC([O-])=S.[Zn+2]. The van der Waals surface area contributed by atoms with E-state index >= 15 is 0 Å². The molecule has 0 aromatic heterocycles. The zero-order chi connectivity index (χ0) is 11.6. The Morgan fingerprint density at radius 3 is 1.53 bits per heavy atom. The molecule has 0 aromatic rings. The van der Waals surface area contributed by atoms with Gasteiger partial charge in [0, 0.05) is 23.4 Å². The fraction of sp³-hybridized carbons (Fsp3) is 0.750. The summed E-state index contributed by atoms with van der Waals surface area (Å²) in [5, 5.41) is 18.7. The van der Waals surface area contributed by atoms with E-state index in [1.165, 1.54) is 0 Å². The van der Waals surface area contributed by atoms with Gasteiger partial charge in [-0.05, 0) is 12.8 Å². The van der Waals surface area contributed by atoms with Crippen LogP contribution in [0.1, 0.15) is 26.7 Å². The molecule has 0 heterocycles. The molecule has 0 radical (unpaired) electrons. The molecule has 0 aliphatic heterocycles. The molecule has 0 saturated carbocycles. The van der Waals surface area contributed by atoms with Crippen LogP contribution in [0.4, 0.5) is 0 Å². The second-order valence-electron chi connectivity index (χ2n) is 2.57. The van der Waals surface area contributed by atoms with Crippen molar-refractivity contribution in [2.45, 2.75) is 26.7 Å². The number of rotatable bonds is 4. The van der Waals surface area contributed by atoms with E-state index in [2.05, 4.69) is 30.2 Å². The van der Waals surface area contributed by atoms with Crippen molar-refractivity contribution < 1.29 is 29.7 Å². The van der Waals surface area contributed by atoms with Crippen molar-refractivity contribution >= 4 is 34.8 Å². The molecule has 0 rings (SSSR count). The van der Waals surface area contributed by atoms with Crippen LogP contribution in [-0.2, 0) is 19.5 Å². The van der Waals surface area contributed by atoms with Crippen LogP contribution in [0, 0.1) is 0 Å². The van der Waals surface area contributed by atoms with Crippen molar-refractivity contribution in [3.8, 4) is 0 Å². The van der Waals surface area contributed by atoms with Crippen LogP contribution >= 0.6 is 24.4 Å². The fourth-order valence-corrected chi connectivity index (χ4v) is 1.02. The van der Waals surface area contributed by atoms with Gasteiger partial charge in [0.1, 0.15) is 0 Å². The fourth-order valence-electron chi connectivity index (χ4n) is 0.834. The molecule has 84 valence electrons. The van der Waals surface area contributed by atoms with E-state index in [4.69, 9.17) is 5.11 Å². The van der Waals surface area contributed by atoms with Crippen molar-refractivity contribution in [3.05, 3.63) is 0 Å². The van der Waals surface area contributed by atoms with Gasteiger partial charge in [-0.2, -0.15) is 0 Å². The zero-order valence-corrected chi connectivity index (χ0v) is 13.8. The van der Waals surface area contributed by atoms with E-state index in [-0.39, 0.29) is 24.7 Å². The van der Waals surface area contributed by atoms with E-state index in [9.17, 15) is 5.11 Å². The normalized spacial score (nSPS) is 7.87. The Bertz CT molecular complexity index is 172. The summed E-state index contributed by atoms with van der Waals surface area (Å²) in [6, 6.07) is 0. The van der Waals surface area contributed by atoms with Gasteiger partial charge in [-0.25, -0.2) is 0 Å². The maximum absolute atomic E-state index is 10.7. The maximum Gasteiger partial charge on any atom is 2.00 e. The molecule has 4 nitrogen and oxygen atoms in total. The summed E-state index contributed by atoms with van der Waals surface area (Å²) in [7, 11) is 0. The first-order valence-corrected chi connectivity index (χ1v) is 5.19. The van der Waals surface area contributed by atoms with Gasteiger partial charge in [0.15, 0.2) is 0 Å². The number of thiocarbonyl (C=S) groups is 2. The summed E-state index contributed by atoms with van der Waals surface area (Å²) >= 11 is 8.28. The molecular formula is C8H16N2O2S2Zn. The summed E-state index contributed by atoms with van der Waals surface area (Å²) in [6.07, 6.45) is 1.98. The predicted octanol–water partition coefficient (Wildman–Crippen LogP) is -0.659. The van der Waals surface area contributed by atoms with Crippen molar-refractivity contribution in [3.63, 3.8) is 0 Å². The minimum atomic E-state index is -0.750. The smallest absolute Gasteiger partial charge is 0.852 e. The summed E-state index contributed by atoms with van der Waals surface area (Å²) < 4.78 is 0. The van der Waals surface area contributed by atoms with Gasteiger partial charge in [0.2, 0.25) is 0 Å². The molecule has 0 aromatic carbocycles. The Balaban J connectivity index is -0.000000249. The molecule has 0 atom stereocenters. The summed E-state index contributed by atoms with van der Waals surface area (Å²) in [4.78, 5) is 1.70. The largest absolute Gasteiger partial charge is 2.00 e. The first-order valence-electron chi connectivity index (χ1n) is 4.38. The van der Waals surface area contributed by atoms with Crippen molar-refractivity contribution in [1.29, 1.82) is 0 Å². The Morgan fingerprint density at radius 2 is 1.40 bits per heavy atom. The molecule has 0 bridgehead atoms. The third kappa shape index (κ3) is 20.2. The van der Waals surface area contributed by atoms with E-state index in [1.54, 1.807) is 4.90 Å². The molecule has 0 unspecified atom stereocenters. The first-order chi connectivity index (χ1) is 6.45. The van der Waals surface area contributed by atoms with Crippen molar-refractivity contribution in [2.24, 2.45) is 5.73 Å². The Morgan fingerprint density at radius 1 is 1.13 bits per heavy atom. The zero-order valence-electron chi connectivity index (χ0n) is 9.19. The molecule has 0 aliphatic carbocycles. The molecule has 15 heavy (non-hydrogen) atoms. The van der Waals surface area contributed by atoms with E-state index in [0.29, 0.717) is 0 Å². The van der Waals surface area contributed by atoms with Gasteiger partial charge in [0.25, 0.3) is 0 Å². The van der Waals surface area contributed by atoms with Crippen LogP contribution in [0.25, 0.3) is 0 Å². The van der Waals surface area contributed by atoms with Gasteiger partial charge < -0.3 is 20.8 Å². The van der Waals surface area contributed by atoms with Crippen LogP contribution in [-0.4, -0.2) is 28.3 Å². The molecular weight excluding hydrogens is 286 g/mol. The summed E-state index contributed by atoms with van der Waals surface area (Å²) in [6.45, 7) is 5.69. The van der Waals surface area contributed by atoms with Gasteiger partial charge in [-0.3, -0.25) is 0 Å². The quantitative estimate of drug-likeness (QED) is 0.549. The number of nitrogens with two attached hydrogens (primary N) is 1. The number of hydrogen-bond donors (Lipinski definition) is 1. The average molecular weight is 302 g/mol. The Hall–Kier alpha value is 0.00338. The van der Waals surface area contributed by atoms with Crippen LogP contribution in [0.3, 0.4) is 0 Å². The molecule has 0 aliphatic rings. The van der Waals surface area contributed by atoms with Crippen LogP contribution in [0.15, 0.2) is 0 Å². The number of nitrogens with zero attached hydrogens (tertiary/aromatic N) is 1. The molecule has 7 heteroatoms. The van der Waals surface area contributed by atoms with Crippen molar-refractivity contribution in [2.75, 3.05) is 13.1 Å². The number of hydrogen-bond acceptors (Lipinski definition) is 4. The van der Waals surface area contributed by atoms with Crippen molar-refractivity contribution in [1.82, 2.24) is 4.90 Å². The minimum Gasteiger partial charge on any atom is -0.852 e. The Labute approximate surface area is 115 Å². The predicted molar refractivity (Wildman–Crippen MR) is 61.5 cm³/mol. The second-order valence-corrected chi connectivity index (χ2v) is 3.32. The topological polar surface area (TPSA) is 75.4 Å². The van der Waals surface area contributed by atoms with Gasteiger partial charge in [-0.1, -0.05) is 38.3 Å². The Kier molecular flexibility index (Phi) is 19.1. The molecule has 2 N–H and O–H groups in total. The van der Waals surface area contributed by atoms with Gasteiger partial charge in [0.05, 0.1) is 0 Å². The molecule has 0 amide bonds. The third-order valence-corrected chi connectivity index (χ3v) is 1.50. The molecule has 0 fully saturated rings. The summed E-state index contributed by atoms with van der Waals surface area (Å²) in [5.74, 6) is 0. The van der Waals surface area contributed by atoms with Crippen LogP contribution < -0.4 is 15.9 Å². The first kappa shape index (κ1) is 20.4.